The number of amides is 1. The number of hydrogen-bond acceptors (Lipinski definition) is 4. The van der Waals surface area contributed by atoms with E-state index in [1.165, 1.54) is 11.1 Å². The van der Waals surface area contributed by atoms with Gasteiger partial charge in [0.25, 0.3) is 0 Å². The third kappa shape index (κ3) is 6.06. The fraction of sp³-hybridized carbons (Fsp3) is 0.600. The highest BCUT2D eigenvalue weighted by Crippen LogP contribution is 2.23. The van der Waals surface area contributed by atoms with Crippen LogP contribution >= 0.6 is 0 Å². The number of benzene rings is 1. The lowest BCUT2D eigenvalue weighted by Crippen LogP contribution is -2.61. The van der Waals surface area contributed by atoms with Crippen LogP contribution in [-0.2, 0) is 4.74 Å². The van der Waals surface area contributed by atoms with Crippen LogP contribution in [0.5, 0.6) is 0 Å². The normalized spacial score (nSPS) is 16.0. The SMILES string of the molecule is Cc1ccc([C@H](CCCC#N)NC2CN(C(=O)OC(C)(C)C)C2)cc1. The largest absolute Gasteiger partial charge is 0.444 e. The zero-order valence-electron chi connectivity index (χ0n) is 15.7. The molecule has 25 heavy (non-hydrogen) atoms. The number of likely N-dealkylation sites (tertiary alicyclic amines) is 1. The van der Waals surface area contributed by atoms with E-state index in [2.05, 4.69) is 42.6 Å². The van der Waals surface area contributed by atoms with E-state index in [4.69, 9.17) is 10.00 Å². The minimum Gasteiger partial charge on any atom is -0.444 e. The Hall–Kier alpha value is -2.06. The summed E-state index contributed by atoms with van der Waals surface area (Å²) in [7, 11) is 0. The zero-order chi connectivity index (χ0) is 18.4. The second-order valence-electron chi connectivity index (χ2n) is 7.76. The monoisotopic (exact) mass is 343 g/mol. The molecule has 1 N–H and O–H groups in total. The van der Waals surface area contributed by atoms with E-state index in [1.54, 1.807) is 4.90 Å². The molecular weight excluding hydrogens is 314 g/mol. The molecule has 1 atom stereocenters. The molecule has 0 unspecified atom stereocenters. The first-order chi connectivity index (χ1) is 11.8. The molecule has 1 aliphatic rings. The van der Waals surface area contributed by atoms with Crippen LogP contribution in [0.1, 0.15) is 57.2 Å². The maximum Gasteiger partial charge on any atom is 0.410 e. The number of unbranched alkanes of at least 4 members (excludes halogenated alkanes) is 1. The molecule has 1 saturated heterocycles. The van der Waals surface area contributed by atoms with Crippen molar-refractivity contribution in [2.45, 2.75) is 64.6 Å². The van der Waals surface area contributed by atoms with Gasteiger partial charge in [0.2, 0.25) is 0 Å². The summed E-state index contributed by atoms with van der Waals surface area (Å²) < 4.78 is 5.40. The lowest BCUT2D eigenvalue weighted by Gasteiger charge is -2.42. The molecule has 0 spiro atoms. The molecule has 0 bridgehead atoms. The molecule has 2 rings (SSSR count). The summed E-state index contributed by atoms with van der Waals surface area (Å²) in [4.78, 5) is 13.8. The van der Waals surface area contributed by atoms with Crippen molar-refractivity contribution in [2.24, 2.45) is 0 Å². The first-order valence-corrected chi connectivity index (χ1v) is 8.96. The van der Waals surface area contributed by atoms with Gasteiger partial charge in [0.15, 0.2) is 0 Å². The number of aryl methyl sites for hydroxylation is 1. The summed E-state index contributed by atoms with van der Waals surface area (Å²) in [6.07, 6.45) is 2.10. The van der Waals surface area contributed by atoms with Gasteiger partial charge in [-0.15, -0.1) is 0 Å². The number of nitrogens with one attached hydrogen (secondary N) is 1. The third-order valence-corrected chi connectivity index (χ3v) is 4.23. The maximum atomic E-state index is 12.0. The van der Waals surface area contributed by atoms with E-state index in [0.717, 1.165) is 12.8 Å². The van der Waals surface area contributed by atoms with Crippen molar-refractivity contribution in [2.75, 3.05) is 13.1 Å². The molecule has 136 valence electrons. The molecule has 1 heterocycles. The second-order valence-corrected chi connectivity index (χ2v) is 7.76. The van der Waals surface area contributed by atoms with Gasteiger partial charge in [0, 0.05) is 31.6 Å². The lowest BCUT2D eigenvalue weighted by molar-refractivity contribution is 0.00399. The molecule has 1 amide bonds. The number of carbonyl (C=O) groups is 1. The van der Waals surface area contributed by atoms with Gasteiger partial charge in [-0.05, 0) is 46.1 Å². The van der Waals surface area contributed by atoms with Crippen LogP contribution < -0.4 is 5.32 Å². The highest BCUT2D eigenvalue weighted by atomic mass is 16.6. The van der Waals surface area contributed by atoms with E-state index in [0.29, 0.717) is 19.5 Å². The molecular formula is C20H29N3O2. The van der Waals surface area contributed by atoms with Gasteiger partial charge in [-0.25, -0.2) is 4.79 Å². The van der Waals surface area contributed by atoms with Crippen molar-refractivity contribution in [3.8, 4) is 6.07 Å². The number of nitrogens with zero attached hydrogens (tertiary/aromatic N) is 2. The summed E-state index contributed by atoms with van der Waals surface area (Å²) in [6.45, 7) is 9.03. The highest BCUT2D eigenvalue weighted by molar-refractivity contribution is 5.69. The van der Waals surface area contributed by atoms with Crippen molar-refractivity contribution in [3.05, 3.63) is 35.4 Å². The van der Waals surface area contributed by atoms with Gasteiger partial charge in [-0.3, -0.25) is 0 Å². The molecule has 1 aliphatic heterocycles. The molecule has 0 aliphatic carbocycles. The Morgan fingerprint density at radius 2 is 2.00 bits per heavy atom. The third-order valence-electron chi connectivity index (χ3n) is 4.23. The summed E-state index contributed by atoms with van der Waals surface area (Å²) in [6, 6.07) is 11.2. The van der Waals surface area contributed by atoms with Crippen LogP contribution in [0.2, 0.25) is 0 Å². The summed E-state index contributed by atoms with van der Waals surface area (Å²) >= 11 is 0. The molecule has 0 aromatic heterocycles. The predicted molar refractivity (Wildman–Crippen MR) is 98.1 cm³/mol. The Labute approximate surface area is 151 Å². The van der Waals surface area contributed by atoms with Crippen LogP contribution in [0.25, 0.3) is 0 Å². The zero-order valence-corrected chi connectivity index (χ0v) is 15.7. The van der Waals surface area contributed by atoms with Crippen molar-refractivity contribution in [1.82, 2.24) is 10.2 Å². The molecule has 1 aromatic rings. The van der Waals surface area contributed by atoms with E-state index in [9.17, 15) is 4.79 Å². The van der Waals surface area contributed by atoms with Crippen molar-refractivity contribution in [1.29, 1.82) is 5.26 Å². The minimum atomic E-state index is -0.461. The first-order valence-electron chi connectivity index (χ1n) is 8.96. The van der Waals surface area contributed by atoms with Crippen molar-refractivity contribution < 1.29 is 9.53 Å². The number of nitriles is 1. The molecule has 5 nitrogen and oxygen atoms in total. The summed E-state index contributed by atoms with van der Waals surface area (Å²) in [5.74, 6) is 0. The van der Waals surface area contributed by atoms with Crippen molar-refractivity contribution >= 4 is 6.09 Å². The molecule has 1 fully saturated rings. The van der Waals surface area contributed by atoms with Gasteiger partial charge < -0.3 is 15.0 Å². The maximum absolute atomic E-state index is 12.0. The van der Waals surface area contributed by atoms with Crippen LogP contribution in [0, 0.1) is 18.3 Å². The Kier molecular flexibility index (Phi) is 6.44. The van der Waals surface area contributed by atoms with E-state index < -0.39 is 5.60 Å². The van der Waals surface area contributed by atoms with Gasteiger partial charge in [-0.2, -0.15) is 5.26 Å². The van der Waals surface area contributed by atoms with Crippen LogP contribution in [0.4, 0.5) is 4.79 Å². The smallest absolute Gasteiger partial charge is 0.410 e. The molecule has 5 heteroatoms. The molecule has 0 radical (unpaired) electrons. The fourth-order valence-electron chi connectivity index (χ4n) is 2.87. The predicted octanol–water partition coefficient (Wildman–Crippen LogP) is 3.94. The number of hydrogen-bond donors (Lipinski definition) is 1. The Bertz CT molecular complexity index is 607. The van der Waals surface area contributed by atoms with Gasteiger partial charge >= 0.3 is 6.09 Å². The quantitative estimate of drug-likeness (QED) is 0.795. The molecule has 0 saturated carbocycles. The second kappa shape index (κ2) is 8.35. The Morgan fingerprint density at radius 3 is 2.56 bits per heavy atom. The van der Waals surface area contributed by atoms with Crippen LogP contribution in [0.15, 0.2) is 24.3 Å². The minimum absolute atomic E-state index is 0.208. The Morgan fingerprint density at radius 1 is 1.36 bits per heavy atom. The van der Waals surface area contributed by atoms with E-state index >= 15 is 0 Å². The van der Waals surface area contributed by atoms with Crippen LogP contribution in [0.3, 0.4) is 0 Å². The highest BCUT2D eigenvalue weighted by Gasteiger charge is 2.34. The average molecular weight is 343 g/mol. The fourth-order valence-corrected chi connectivity index (χ4v) is 2.87. The molecule has 1 aromatic carbocycles. The van der Waals surface area contributed by atoms with E-state index in [1.807, 2.05) is 20.8 Å². The van der Waals surface area contributed by atoms with Gasteiger partial charge in [-0.1, -0.05) is 29.8 Å². The Balaban J connectivity index is 1.89. The number of ether oxygens (including phenoxy) is 1. The summed E-state index contributed by atoms with van der Waals surface area (Å²) in [5, 5.41) is 12.4. The lowest BCUT2D eigenvalue weighted by atomic mass is 9.97. The topological polar surface area (TPSA) is 65.4 Å². The van der Waals surface area contributed by atoms with Crippen molar-refractivity contribution in [3.63, 3.8) is 0 Å². The number of rotatable bonds is 6. The first kappa shape index (κ1) is 19.3. The van der Waals surface area contributed by atoms with Crippen LogP contribution in [-0.4, -0.2) is 35.7 Å². The average Bonchev–Trinajstić information content (AvgIpc) is 2.47. The van der Waals surface area contributed by atoms with E-state index in [-0.39, 0.29) is 18.2 Å². The number of carbonyl (C=O) groups excluding carboxylic acids is 1. The summed E-state index contributed by atoms with van der Waals surface area (Å²) in [5.41, 5.74) is 2.01. The van der Waals surface area contributed by atoms with Gasteiger partial charge in [0.1, 0.15) is 5.60 Å². The van der Waals surface area contributed by atoms with Gasteiger partial charge in [0.05, 0.1) is 6.07 Å². The standard InChI is InChI=1S/C20H29N3O2/c1-15-8-10-16(11-9-15)18(7-5-6-12-21)22-17-13-23(14-17)19(24)25-20(2,3)4/h8-11,17-18,22H,5-7,13-14H2,1-4H3/t18-/m0/s1.